The molecule has 0 unspecified atom stereocenters. The van der Waals surface area contributed by atoms with E-state index in [-0.39, 0.29) is 16.9 Å². The number of amides is 1. The van der Waals surface area contributed by atoms with E-state index in [1.807, 2.05) is 42.5 Å². The summed E-state index contributed by atoms with van der Waals surface area (Å²) in [5.41, 5.74) is 3.50. The molecule has 5 nitrogen and oxygen atoms in total. The molecule has 0 saturated heterocycles. The highest BCUT2D eigenvalue weighted by Crippen LogP contribution is 2.33. The molecule has 1 amide bonds. The van der Waals surface area contributed by atoms with Crippen LogP contribution in [0.15, 0.2) is 103 Å². The summed E-state index contributed by atoms with van der Waals surface area (Å²) >= 11 is 0. The molecule has 0 fully saturated rings. The second-order valence-corrected chi connectivity index (χ2v) is 8.48. The Labute approximate surface area is 198 Å². The minimum Gasteiger partial charge on any atom is -0.508 e. The summed E-state index contributed by atoms with van der Waals surface area (Å²) in [5.74, 6) is 0.565. The summed E-state index contributed by atoms with van der Waals surface area (Å²) in [6.07, 6.45) is -0.618. The maximum absolute atomic E-state index is 12.5. The van der Waals surface area contributed by atoms with E-state index in [1.54, 1.807) is 60.7 Å². The van der Waals surface area contributed by atoms with E-state index in [9.17, 15) is 14.7 Å². The van der Waals surface area contributed by atoms with Crippen LogP contribution < -0.4 is 10.1 Å². The molecule has 0 aromatic heterocycles. The SMILES string of the molecule is CC(C)(c1ccc(O)cc1)c1ccc(OC(=O)Nc2ccc(C(=O)c3ccccc3)cc2)cc1. The normalized spacial score (nSPS) is 11.0. The topological polar surface area (TPSA) is 75.6 Å². The van der Waals surface area contributed by atoms with Crippen molar-refractivity contribution < 1.29 is 19.4 Å². The van der Waals surface area contributed by atoms with E-state index in [4.69, 9.17) is 4.74 Å². The summed E-state index contributed by atoms with van der Waals surface area (Å²) in [5, 5.41) is 12.2. The van der Waals surface area contributed by atoms with E-state index in [1.165, 1.54) is 0 Å². The Kier molecular flexibility index (Phi) is 6.46. The highest BCUT2D eigenvalue weighted by Gasteiger charge is 2.23. The predicted molar refractivity (Wildman–Crippen MR) is 133 cm³/mol. The molecule has 5 heteroatoms. The van der Waals surface area contributed by atoms with Gasteiger partial charge < -0.3 is 9.84 Å². The van der Waals surface area contributed by atoms with E-state index in [0.717, 1.165) is 11.1 Å². The lowest BCUT2D eigenvalue weighted by molar-refractivity contribution is 0.103. The minimum atomic E-state index is -0.618. The maximum Gasteiger partial charge on any atom is 0.417 e. The zero-order valence-corrected chi connectivity index (χ0v) is 19.0. The lowest BCUT2D eigenvalue weighted by Crippen LogP contribution is -2.19. The molecule has 4 aromatic carbocycles. The van der Waals surface area contributed by atoms with Gasteiger partial charge in [0.1, 0.15) is 11.5 Å². The lowest BCUT2D eigenvalue weighted by atomic mass is 9.78. The number of anilines is 1. The number of rotatable bonds is 6. The van der Waals surface area contributed by atoms with E-state index >= 15 is 0 Å². The van der Waals surface area contributed by atoms with Gasteiger partial charge in [0.25, 0.3) is 0 Å². The van der Waals surface area contributed by atoms with E-state index in [0.29, 0.717) is 22.6 Å². The van der Waals surface area contributed by atoms with Crippen LogP contribution in [0.2, 0.25) is 0 Å². The molecule has 4 rings (SSSR count). The number of ketones is 1. The van der Waals surface area contributed by atoms with Crippen molar-refractivity contribution in [1.29, 1.82) is 0 Å². The van der Waals surface area contributed by atoms with Crippen LogP contribution in [0.1, 0.15) is 40.9 Å². The van der Waals surface area contributed by atoms with Crippen molar-refractivity contribution in [1.82, 2.24) is 0 Å². The van der Waals surface area contributed by atoms with Crippen LogP contribution >= 0.6 is 0 Å². The van der Waals surface area contributed by atoms with Crippen molar-refractivity contribution in [3.63, 3.8) is 0 Å². The number of hydrogen-bond donors (Lipinski definition) is 2. The van der Waals surface area contributed by atoms with Crippen LogP contribution in [-0.2, 0) is 5.41 Å². The summed E-state index contributed by atoms with van der Waals surface area (Å²) in [4.78, 5) is 24.8. The number of benzene rings is 4. The average Bonchev–Trinajstić information content (AvgIpc) is 2.85. The zero-order chi connectivity index (χ0) is 24.1. The molecule has 0 aliphatic carbocycles. The van der Waals surface area contributed by atoms with Gasteiger partial charge in [-0.25, -0.2) is 4.79 Å². The number of carbonyl (C=O) groups excluding carboxylic acids is 2. The maximum atomic E-state index is 12.5. The van der Waals surface area contributed by atoms with Gasteiger partial charge in [-0.15, -0.1) is 0 Å². The third kappa shape index (κ3) is 5.15. The first-order chi connectivity index (χ1) is 16.3. The molecule has 0 saturated carbocycles. The fraction of sp³-hybridized carbons (Fsp3) is 0.103. The van der Waals surface area contributed by atoms with Crippen LogP contribution in [0.5, 0.6) is 11.5 Å². The van der Waals surface area contributed by atoms with E-state index in [2.05, 4.69) is 19.2 Å². The average molecular weight is 452 g/mol. The molecule has 34 heavy (non-hydrogen) atoms. The van der Waals surface area contributed by atoms with Crippen LogP contribution in [0.3, 0.4) is 0 Å². The van der Waals surface area contributed by atoms with Crippen molar-refractivity contribution >= 4 is 17.6 Å². The van der Waals surface area contributed by atoms with Crippen molar-refractivity contribution in [3.8, 4) is 11.5 Å². The molecule has 0 atom stereocenters. The van der Waals surface area contributed by atoms with Gasteiger partial charge in [0, 0.05) is 22.2 Å². The number of carbonyl (C=O) groups is 2. The highest BCUT2D eigenvalue weighted by molar-refractivity contribution is 6.09. The summed E-state index contributed by atoms with van der Waals surface area (Å²) in [7, 11) is 0. The monoisotopic (exact) mass is 451 g/mol. The largest absolute Gasteiger partial charge is 0.508 e. The smallest absolute Gasteiger partial charge is 0.417 e. The molecule has 170 valence electrons. The van der Waals surface area contributed by atoms with Gasteiger partial charge in [0.05, 0.1) is 0 Å². The first-order valence-electron chi connectivity index (χ1n) is 10.9. The Morgan fingerprint density at radius 1 is 0.706 bits per heavy atom. The van der Waals surface area contributed by atoms with Gasteiger partial charge in [0.15, 0.2) is 5.78 Å². The quantitative estimate of drug-likeness (QED) is 0.326. The molecule has 4 aromatic rings. The van der Waals surface area contributed by atoms with Gasteiger partial charge in [-0.3, -0.25) is 10.1 Å². The zero-order valence-electron chi connectivity index (χ0n) is 19.0. The van der Waals surface area contributed by atoms with Gasteiger partial charge in [-0.1, -0.05) is 68.4 Å². The van der Waals surface area contributed by atoms with Gasteiger partial charge >= 0.3 is 6.09 Å². The van der Waals surface area contributed by atoms with Crippen LogP contribution in [0.25, 0.3) is 0 Å². The second-order valence-electron chi connectivity index (χ2n) is 8.48. The molecule has 0 heterocycles. The van der Waals surface area contributed by atoms with Crippen molar-refractivity contribution in [2.75, 3.05) is 5.32 Å². The highest BCUT2D eigenvalue weighted by atomic mass is 16.6. The van der Waals surface area contributed by atoms with Crippen molar-refractivity contribution in [3.05, 3.63) is 125 Å². The molecule has 0 aliphatic heterocycles. The summed E-state index contributed by atoms with van der Waals surface area (Å²) in [6.45, 7) is 4.18. The van der Waals surface area contributed by atoms with Gasteiger partial charge in [0.2, 0.25) is 0 Å². The molecular weight excluding hydrogens is 426 g/mol. The molecule has 0 bridgehead atoms. The number of nitrogens with one attached hydrogen (secondary N) is 1. The van der Waals surface area contributed by atoms with Crippen LogP contribution in [0, 0.1) is 0 Å². The standard InChI is InChI=1S/C29H25NO4/c1-29(2,22-10-16-25(31)17-11-22)23-12-18-26(19-13-23)34-28(33)30-24-14-8-21(9-15-24)27(32)20-6-4-3-5-7-20/h3-19,31H,1-2H3,(H,30,33). The molecule has 0 radical (unpaired) electrons. The third-order valence-electron chi connectivity index (χ3n) is 5.81. The molecule has 2 N–H and O–H groups in total. The lowest BCUT2D eigenvalue weighted by Gasteiger charge is -2.26. The van der Waals surface area contributed by atoms with Crippen molar-refractivity contribution in [2.24, 2.45) is 0 Å². The summed E-state index contributed by atoms with van der Waals surface area (Å²) in [6, 6.07) is 30.2. The number of ether oxygens (including phenoxy) is 1. The Bertz CT molecular complexity index is 1280. The van der Waals surface area contributed by atoms with Crippen molar-refractivity contribution in [2.45, 2.75) is 19.3 Å². The van der Waals surface area contributed by atoms with Crippen LogP contribution in [0.4, 0.5) is 10.5 Å². The number of aromatic hydroxyl groups is 1. The number of phenols is 1. The Balaban J connectivity index is 1.37. The first kappa shape index (κ1) is 22.8. The third-order valence-corrected chi connectivity index (χ3v) is 5.81. The minimum absolute atomic E-state index is 0.0787. The Morgan fingerprint density at radius 3 is 1.82 bits per heavy atom. The molecule has 0 spiro atoms. The predicted octanol–water partition coefficient (Wildman–Crippen LogP) is 6.56. The number of hydrogen-bond acceptors (Lipinski definition) is 4. The van der Waals surface area contributed by atoms with Crippen LogP contribution in [-0.4, -0.2) is 17.0 Å². The van der Waals surface area contributed by atoms with Gasteiger partial charge in [-0.05, 0) is 59.7 Å². The van der Waals surface area contributed by atoms with E-state index < -0.39 is 6.09 Å². The Morgan fingerprint density at radius 2 is 1.24 bits per heavy atom. The fourth-order valence-corrected chi connectivity index (χ4v) is 3.70. The fourth-order valence-electron chi connectivity index (χ4n) is 3.70. The molecule has 0 aliphatic rings. The van der Waals surface area contributed by atoms with Gasteiger partial charge in [-0.2, -0.15) is 0 Å². The first-order valence-corrected chi connectivity index (χ1v) is 10.9. The Hall–Kier alpha value is -4.38. The summed E-state index contributed by atoms with van der Waals surface area (Å²) < 4.78 is 5.40. The second kappa shape index (κ2) is 9.63. The number of phenolic OH excluding ortho intramolecular Hbond substituents is 1. The molecular formula is C29H25NO4.